The molecule has 1 aromatic carbocycles. The summed E-state index contributed by atoms with van der Waals surface area (Å²) in [6.45, 7) is 1.73. The number of carbonyl (C=O) groups excluding carboxylic acids is 1. The molecular weight excluding hydrogens is 340 g/mol. The normalized spacial score (nSPS) is 10.8. The molecule has 118 valence electrons. The minimum Gasteiger partial charge on any atom is -0.360 e. The topological polar surface area (TPSA) is 111 Å². The van der Waals surface area contributed by atoms with Crippen molar-refractivity contribution in [2.24, 2.45) is 0 Å². The average Bonchev–Trinajstić information content (AvgIpc) is 3.09. The van der Waals surface area contributed by atoms with E-state index < -0.39 is 4.92 Å². The van der Waals surface area contributed by atoms with Gasteiger partial charge in [-0.15, -0.1) is 11.3 Å². The van der Waals surface area contributed by atoms with Gasteiger partial charge in [0.15, 0.2) is 10.2 Å². The van der Waals surface area contributed by atoms with Gasteiger partial charge >= 0.3 is 0 Å². The fraction of sp³-hybridized carbons (Fsp3) is 0.154. The molecule has 1 N–H and O–H groups in total. The third-order valence-electron chi connectivity index (χ3n) is 2.79. The quantitative estimate of drug-likeness (QED) is 0.427. The van der Waals surface area contributed by atoms with E-state index in [0.717, 1.165) is 0 Å². The fourth-order valence-electron chi connectivity index (χ4n) is 1.80. The third kappa shape index (κ3) is 3.66. The zero-order valence-corrected chi connectivity index (χ0v) is 13.4. The fourth-order valence-corrected chi connectivity index (χ4v) is 3.70. The zero-order valence-electron chi connectivity index (χ0n) is 11.8. The summed E-state index contributed by atoms with van der Waals surface area (Å²) in [7, 11) is 0. The van der Waals surface area contributed by atoms with Gasteiger partial charge < -0.3 is 9.84 Å². The first kappa shape index (κ1) is 15.4. The average molecular weight is 350 g/mol. The zero-order chi connectivity index (χ0) is 16.4. The SMILES string of the molecule is Cc1cc(NC(=O)CSc2nc3ccc([N+](=O)[O-])cc3s2)no1. The third-order valence-corrected chi connectivity index (χ3v) is 4.95. The molecule has 2 heterocycles. The standard InChI is InChI=1S/C13H10N4O4S2/c1-7-4-11(16-21-7)15-12(18)6-22-13-14-9-3-2-8(17(19)20)5-10(9)23-13/h2-5H,6H2,1H3,(H,15,16,18). The molecule has 3 rings (SSSR count). The maximum Gasteiger partial charge on any atom is 0.270 e. The molecule has 0 fully saturated rings. The summed E-state index contributed by atoms with van der Waals surface area (Å²) in [6.07, 6.45) is 0. The largest absolute Gasteiger partial charge is 0.360 e. The van der Waals surface area contributed by atoms with Crippen LogP contribution in [0.1, 0.15) is 5.76 Å². The highest BCUT2D eigenvalue weighted by atomic mass is 32.2. The summed E-state index contributed by atoms with van der Waals surface area (Å²) >= 11 is 2.58. The van der Waals surface area contributed by atoms with Crippen LogP contribution in [0.25, 0.3) is 10.2 Å². The number of thioether (sulfide) groups is 1. The van der Waals surface area contributed by atoms with Gasteiger partial charge in [-0.05, 0) is 13.0 Å². The molecule has 0 spiro atoms. The predicted octanol–water partition coefficient (Wildman–Crippen LogP) is 3.23. The number of aryl methyl sites for hydroxylation is 1. The molecule has 0 saturated heterocycles. The Morgan fingerprint density at radius 2 is 2.30 bits per heavy atom. The van der Waals surface area contributed by atoms with E-state index in [1.807, 2.05) is 0 Å². The van der Waals surface area contributed by atoms with Crippen LogP contribution in [0.2, 0.25) is 0 Å². The van der Waals surface area contributed by atoms with Crippen LogP contribution < -0.4 is 5.32 Å². The number of amides is 1. The van der Waals surface area contributed by atoms with Crippen LogP contribution >= 0.6 is 23.1 Å². The molecule has 8 nitrogen and oxygen atoms in total. The van der Waals surface area contributed by atoms with E-state index in [-0.39, 0.29) is 17.3 Å². The number of thiazole rings is 1. The molecule has 0 aliphatic carbocycles. The van der Waals surface area contributed by atoms with E-state index in [4.69, 9.17) is 4.52 Å². The van der Waals surface area contributed by atoms with Crippen LogP contribution in [-0.2, 0) is 4.79 Å². The van der Waals surface area contributed by atoms with Crippen molar-refractivity contribution < 1.29 is 14.2 Å². The van der Waals surface area contributed by atoms with Crippen LogP contribution in [0.5, 0.6) is 0 Å². The Hall–Kier alpha value is -2.46. The van der Waals surface area contributed by atoms with Crippen LogP contribution in [-0.4, -0.2) is 26.7 Å². The molecule has 0 atom stereocenters. The number of carbonyl (C=O) groups is 1. The van der Waals surface area contributed by atoms with Crippen molar-refractivity contribution in [3.8, 4) is 0 Å². The van der Waals surface area contributed by atoms with Gasteiger partial charge in [-0.25, -0.2) is 4.98 Å². The van der Waals surface area contributed by atoms with Crippen molar-refractivity contribution in [1.82, 2.24) is 10.1 Å². The minimum atomic E-state index is -0.445. The molecule has 1 amide bonds. The molecule has 2 aromatic heterocycles. The van der Waals surface area contributed by atoms with E-state index in [1.165, 1.54) is 35.2 Å². The number of non-ortho nitro benzene ring substituents is 1. The van der Waals surface area contributed by atoms with Gasteiger partial charge in [0.2, 0.25) is 5.91 Å². The lowest BCUT2D eigenvalue weighted by Gasteiger charge is -1.98. The van der Waals surface area contributed by atoms with Gasteiger partial charge in [-0.1, -0.05) is 16.9 Å². The van der Waals surface area contributed by atoms with Crippen LogP contribution in [0.3, 0.4) is 0 Å². The first-order chi connectivity index (χ1) is 11.0. The highest BCUT2D eigenvalue weighted by Crippen LogP contribution is 2.31. The molecule has 0 radical (unpaired) electrons. The van der Waals surface area contributed by atoms with Gasteiger partial charge in [-0.2, -0.15) is 0 Å². The Morgan fingerprint density at radius 1 is 1.48 bits per heavy atom. The molecule has 10 heteroatoms. The lowest BCUT2D eigenvalue weighted by molar-refractivity contribution is -0.384. The van der Waals surface area contributed by atoms with Gasteiger partial charge in [-0.3, -0.25) is 14.9 Å². The number of hydrogen-bond acceptors (Lipinski definition) is 8. The van der Waals surface area contributed by atoms with E-state index in [9.17, 15) is 14.9 Å². The number of fused-ring (bicyclic) bond motifs is 1. The Bertz CT molecular complexity index is 889. The maximum absolute atomic E-state index is 11.8. The van der Waals surface area contributed by atoms with Crippen molar-refractivity contribution in [3.63, 3.8) is 0 Å². The van der Waals surface area contributed by atoms with E-state index in [2.05, 4.69) is 15.5 Å². The van der Waals surface area contributed by atoms with Crippen molar-refractivity contribution in [2.75, 3.05) is 11.1 Å². The van der Waals surface area contributed by atoms with Crippen LogP contribution in [0.4, 0.5) is 11.5 Å². The Labute approximate surface area is 138 Å². The second kappa shape index (κ2) is 6.34. The van der Waals surface area contributed by atoms with Crippen LogP contribution in [0.15, 0.2) is 33.1 Å². The minimum absolute atomic E-state index is 0.0249. The number of rotatable bonds is 5. The van der Waals surface area contributed by atoms with Gasteiger partial charge in [0, 0.05) is 18.2 Å². The number of nitro groups is 1. The van der Waals surface area contributed by atoms with Gasteiger partial charge in [0.1, 0.15) is 5.76 Å². The Morgan fingerprint density at radius 3 is 3.00 bits per heavy atom. The van der Waals surface area contributed by atoms with E-state index in [0.29, 0.717) is 26.1 Å². The lowest BCUT2D eigenvalue weighted by Crippen LogP contribution is -2.14. The van der Waals surface area contributed by atoms with Crippen molar-refractivity contribution in [2.45, 2.75) is 11.3 Å². The summed E-state index contributed by atoms with van der Waals surface area (Å²) < 4.78 is 6.25. The van der Waals surface area contributed by atoms with Crippen molar-refractivity contribution in [3.05, 3.63) is 40.1 Å². The summed E-state index contributed by atoms with van der Waals surface area (Å²) in [5.74, 6) is 0.913. The van der Waals surface area contributed by atoms with Gasteiger partial charge in [0.25, 0.3) is 5.69 Å². The summed E-state index contributed by atoms with van der Waals surface area (Å²) in [5, 5.41) is 17.1. The van der Waals surface area contributed by atoms with Crippen molar-refractivity contribution in [1.29, 1.82) is 0 Å². The number of aromatic nitrogens is 2. The summed E-state index contributed by atoms with van der Waals surface area (Å²) in [5.41, 5.74) is 0.701. The summed E-state index contributed by atoms with van der Waals surface area (Å²) in [6, 6.07) is 6.12. The smallest absolute Gasteiger partial charge is 0.270 e. The maximum atomic E-state index is 11.8. The first-order valence-corrected chi connectivity index (χ1v) is 8.22. The highest BCUT2D eigenvalue weighted by Gasteiger charge is 2.12. The van der Waals surface area contributed by atoms with Crippen LogP contribution in [0, 0.1) is 17.0 Å². The number of nitrogens with zero attached hydrogens (tertiary/aromatic N) is 3. The molecule has 0 bridgehead atoms. The molecule has 0 saturated carbocycles. The number of nitro benzene ring substituents is 1. The van der Waals surface area contributed by atoms with Crippen molar-refractivity contribution >= 4 is 50.7 Å². The van der Waals surface area contributed by atoms with Gasteiger partial charge in [0.05, 0.1) is 20.9 Å². The second-order valence-electron chi connectivity index (χ2n) is 4.55. The highest BCUT2D eigenvalue weighted by molar-refractivity contribution is 8.01. The molecule has 0 aliphatic rings. The molecule has 0 unspecified atom stereocenters. The molecule has 23 heavy (non-hydrogen) atoms. The van der Waals surface area contributed by atoms with E-state index >= 15 is 0 Å². The summed E-state index contributed by atoms with van der Waals surface area (Å²) in [4.78, 5) is 26.5. The predicted molar refractivity (Wildman–Crippen MR) is 86.9 cm³/mol. The second-order valence-corrected chi connectivity index (χ2v) is 6.80. The Balaban J connectivity index is 1.64. The monoisotopic (exact) mass is 350 g/mol. The molecule has 0 aliphatic heterocycles. The molecule has 3 aromatic rings. The number of nitrogens with one attached hydrogen (secondary N) is 1. The number of anilines is 1. The molecular formula is C13H10N4O4S2. The first-order valence-electron chi connectivity index (χ1n) is 6.42. The lowest BCUT2D eigenvalue weighted by atomic mass is 10.3. The number of benzene rings is 1. The van der Waals surface area contributed by atoms with E-state index in [1.54, 1.807) is 19.1 Å². The number of hydrogen-bond donors (Lipinski definition) is 1. The Kier molecular flexibility index (Phi) is 4.26.